The first kappa shape index (κ1) is 15.5. The van der Waals surface area contributed by atoms with E-state index in [0.29, 0.717) is 5.91 Å². The van der Waals surface area contributed by atoms with Crippen molar-refractivity contribution >= 4 is 5.91 Å². The van der Waals surface area contributed by atoms with Crippen LogP contribution in [0.4, 0.5) is 0 Å². The Balaban J connectivity index is 1.38. The van der Waals surface area contributed by atoms with Crippen molar-refractivity contribution in [3.8, 4) is 0 Å². The molecule has 2 fully saturated rings. The van der Waals surface area contributed by atoms with Crippen LogP contribution >= 0.6 is 0 Å². The van der Waals surface area contributed by atoms with E-state index >= 15 is 0 Å². The van der Waals surface area contributed by atoms with Gasteiger partial charge in [0.15, 0.2) is 12.4 Å². The highest BCUT2D eigenvalue weighted by atomic mass is 16.2. The zero-order chi connectivity index (χ0) is 15.2. The van der Waals surface area contributed by atoms with Crippen molar-refractivity contribution in [1.29, 1.82) is 0 Å². The number of hydrogen-bond acceptors (Lipinski definition) is 1. The molecule has 22 heavy (non-hydrogen) atoms. The molecule has 1 saturated heterocycles. The van der Waals surface area contributed by atoms with Crippen molar-refractivity contribution in [1.82, 2.24) is 4.90 Å². The number of carbonyl (C=O) groups is 1. The Morgan fingerprint density at radius 1 is 1.27 bits per heavy atom. The first-order valence-electron chi connectivity index (χ1n) is 8.87. The predicted molar refractivity (Wildman–Crippen MR) is 85.2 cm³/mol. The van der Waals surface area contributed by atoms with Crippen LogP contribution in [-0.2, 0) is 11.3 Å². The van der Waals surface area contributed by atoms with E-state index in [2.05, 4.69) is 28.2 Å². The van der Waals surface area contributed by atoms with E-state index in [9.17, 15) is 4.79 Å². The lowest BCUT2D eigenvalue weighted by Crippen LogP contribution is -3.13. The summed E-state index contributed by atoms with van der Waals surface area (Å²) in [6, 6.07) is 4.22. The van der Waals surface area contributed by atoms with Crippen LogP contribution in [0.2, 0.25) is 0 Å². The lowest BCUT2D eigenvalue weighted by Gasteiger charge is -2.32. The summed E-state index contributed by atoms with van der Waals surface area (Å²) in [6.45, 7) is 5.06. The maximum absolute atomic E-state index is 12.3. The van der Waals surface area contributed by atoms with Gasteiger partial charge in [-0.1, -0.05) is 25.7 Å². The van der Waals surface area contributed by atoms with Gasteiger partial charge in [-0.3, -0.25) is 4.79 Å². The number of aromatic amines is 1. The van der Waals surface area contributed by atoms with Crippen molar-refractivity contribution in [2.75, 3.05) is 26.2 Å². The number of piperazine rings is 1. The highest BCUT2D eigenvalue weighted by molar-refractivity contribution is 5.76. The van der Waals surface area contributed by atoms with Gasteiger partial charge >= 0.3 is 0 Å². The topological polar surface area (TPSA) is 38.9 Å². The number of hydrogen-bond donors (Lipinski definition) is 1. The fraction of sp³-hybridized carbons (Fsp3) is 0.667. The molecular weight excluding hydrogens is 274 g/mol. The van der Waals surface area contributed by atoms with Gasteiger partial charge in [0.05, 0.1) is 31.7 Å². The molecule has 0 unspecified atom stereocenters. The maximum atomic E-state index is 12.3. The smallest absolute Gasteiger partial charge is 0.222 e. The molecule has 0 spiro atoms. The zero-order valence-corrected chi connectivity index (χ0v) is 13.5. The average Bonchev–Trinajstić information content (AvgIpc) is 3.08. The lowest BCUT2D eigenvalue weighted by molar-refractivity contribution is -0.917. The fourth-order valence-electron chi connectivity index (χ4n) is 3.86. The number of quaternary nitrogens is 1. The van der Waals surface area contributed by atoms with Gasteiger partial charge in [-0.25, -0.2) is 4.98 Å². The van der Waals surface area contributed by atoms with Gasteiger partial charge in [0, 0.05) is 12.5 Å². The van der Waals surface area contributed by atoms with Gasteiger partial charge < -0.3 is 9.80 Å². The van der Waals surface area contributed by atoms with Gasteiger partial charge in [0.1, 0.15) is 6.54 Å². The zero-order valence-electron chi connectivity index (χ0n) is 13.5. The standard InChI is InChI=1S/C18H27N3O/c22-18(8-7-16-4-1-2-5-16)21-12-10-20(11-13-21)15-17-6-3-9-19-14-17/h3,6,9,14,16H,1-2,4-5,7-8,10-13,15H2/p+2. The van der Waals surface area contributed by atoms with Crippen molar-refractivity contribution in [3.63, 3.8) is 0 Å². The molecule has 1 saturated carbocycles. The summed E-state index contributed by atoms with van der Waals surface area (Å²) >= 11 is 0. The quantitative estimate of drug-likeness (QED) is 0.854. The number of carbonyl (C=O) groups excluding carboxylic acids is 1. The molecular formula is C18H29N3O+2. The minimum Gasteiger partial charge on any atom is -0.331 e. The number of amides is 1. The molecule has 0 radical (unpaired) electrons. The Hall–Kier alpha value is -1.42. The second kappa shape index (κ2) is 7.73. The molecule has 0 aromatic carbocycles. The number of pyridine rings is 1. The van der Waals surface area contributed by atoms with E-state index < -0.39 is 0 Å². The van der Waals surface area contributed by atoms with Crippen LogP contribution in [0.15, 0.2) is 24.5 Å². The molecule has 1 aliphatic heterocycles. The van der Waals surface area contributed by atoms with Crippen molar-refractivity contribution in [2.45, 2.75) is 45.1 Å². The third-order valence-electron chi connectivity index (χ3n) is 5.29. The molecule has 1 aromatic heterocycles. The minimum atomic E-state index is 0.388. The van der Waals surface area contributed by atoms with E-state index in [1.165, 1.54) is 31.2 Å². The van der Waals surface area contributed by atoms with Crippen molar-refractivity contribution in [3.05, 3.63) is 30.1 Å². The van der Waals surface area contributed by atoms with Crippen molar-refractivity contribution < 1.29 is 14.7 Å². The van der Waals surface area contributed by atoms with Gasteiger partial charge in [-0.05, 0) is 18.4 Å². The van der Waals surface area contributed by atoms with E-state index in [0.717, 1.165) is 51.5 Å². The summed E-state index contributed by atoms with van der Waals surface area (Å²) in [5.74, 6) is 1.21. The Bertz CT molecular complexity index is 462. The molecule has 4 nitrogen and oxygen atoms in total. The predicted octanol–water partition coefficient (Wildman–Crippen LogP) is 0.698. The van der Waals surface area contributed by atoms with E-state index in [1.807, 2.05) is 6.20 Å². The summed E-state index contributed by atoms with van der Waals surface area (Å²) in [6.07, 6.45) is 11.3. The van der Waals surface area contributed by atoms with Crippen LogP contribution in [0.25, 0.3) is 0 Å². The molecule has 3 rings (SSSR count). The van der Waals surface area contributed by atoms with Gasteiger partial charge in [-0.15, -0.1) is 0 Å². The molecule has 1 aliphatic carbocycles. The molecule has 1 amide bonds. The van der Waals surface area contributed by atoms with E-state index in [-0.39, 0.29) is 0 Å². The van der Waals surface area contributed by atoms with Crippen LogP contribution in [0.5, 0.6) is 0 Å². The average molecular weight is 303 g/mol. The SMILES string of the molecule is O=C(CCC1CCCC1)N1CC[NH+](Cc2ccc[nH+]c2)CC1. The third kappa shape index (κ3) is 4.29. The molecule has 2 aliphatic rings. The third-order valence-corrected chi connectivity index (χ3v) is 5.29. The minimum absolute atomic E-state index is 0.388. The Morgan fingerprint density at radius 2 is 2.05 bits per heavy atom. The lowest BCUT2D eigenvalue weighted by atomic mass is 10.0. The maximum Gasteiger partial charge on any atom is 0.222 e. The second-order valence-electron chi connectivity index (χ2n) is 6.91. The summed E-state index contributed by atoms with van der Waals surface area (Å²) in [5, 5.41) is 0. The summed E-state index contributed by atoms with van der Waals surface area (Å²) in [5.41, 5.74) is 1.35. The number of H-pyrrole nitrogens is 1. The number of nitrogens with zero attached hydrogens (tertiary/aromatic N) is 1. The molecule has 0 atom stereocenters. The summed E-state index contributed by atoms with van der Waals surface area (Å²) < 4.78 is 0. The van der Waals surface area contributed by atoms with Crippen molar-refractivity contribution in [2.24, 2.45) is 5.92 Å². The van der Waals surface area contributed by atoms with E-state index in [1.54, 1.807) is 4.90 Å². The van der Waals surface area contributed by atoms with Gasteiger partial charge in [-0.2, -0.15) is 0 Å². The monoisotopic (exact) mass is 303 g/mol. The fourth-order valence-corrected chi connectivity index (χ4v) is 3.86. The first-order valence-corrected chi connectivity index (χ1v) is 8.87. The normalized spacial score (nSPS) is 20.5. The van der Waals surface area contributed by atoms with Crippen LogP contribution in [0, 0.1) is 5.92 Å². The van der Waals surface area contributed by atoms with Gasteiger partial charge in [0.2, 0.25) is 5.91 Å². The highest BCUT2D eigenvalue weighted by Crippen LogP contribution is 2.28. The van der Waals surface area contributed by atoms with Crippen LogP contribution < -0.4 is 9.88 Å². The Morgan fingerprint density at radius 3 is 2.73 bits per heavy atom. The van der Waals surface area contributed by atoms with E-state index in [4.69, 9.17) is 0 Å². The molecule has 2 heterocycles. The van der Waals surface area contributed by atoms with Crippen LogP contribution in [0.1, 0.15) is 44.1 Å². The van der Waals surface area contributed by atoms with Crippen LogP contribution in [-0.4, -0.2) is 37.0 Å². The summed E-state index contributed by atoms with van der Waals surface area (Å²) in [7, 11) is 0. The Labute approximate surface area is 133 Å². The molecule has 2 N–H and O–H groups in total. The van der Waals surface area contributed by atoms with Gasteiger partial charge in [0.25, 0.3) is 0 Å². The van der Waals surface area contributed by atoms with Crippen LogP contribution in [0.3, 0.4) is 0 Å². The molecule has 0 bridgehead atoms. The largest absolute Gasteiger partial charge is 0.331 e. The second-order valence-corrected chi connectivity index (χ2v) is 6.91. The summed E-state index contributed by atoms with van der Waals surface area (Å²) in [4.78, 5) is 19.2. The number of aromatic nitrogens is 1. The molecule has 120 valence electrons. The highest BCUT2D eigenvalue weighted by Gasteiger charge is 2.25. The number of nitrogens with one attached hydrogen (secondary N) is 2. The molecule has 1 aromatic rings. The number of rotatable bonds is 5. The first-order chi connectivity index (χ1) is 10.8. The molecule has 4 heteroatoms. The Kier molecular flexibility index (Phi) is 5.43.